The number of fused-ring (bicyclic) bond motifs is 1. The minimum atomic E-state index is 0.331. The number of hydrogen-bond acceptors (Lipinski definition) is 5. The van der Waals surface area contributed by atoms with Crippen LogP contribution in [-0.2, 0) is 4.74 Å². The van der Waals surface area contributed by atoms with Crippen LogP contribution in [-0.4, -0.2) is 36.5 Å². The Balaban J connectivity index is 1.97. The van der Waals surface area contributed by atoms with Crippen LogP contribution in [0.4, 0.5) is 5.95 Å². The zero-order valence-corrected chi connectivity index (χ0v) is 12.6. The molecule has 0 aliphatic heterocycles. The van der Waals surface area contributed by atoms with E-state index in [2.05, 4.69) is 9.55 Å². The largest absolute Gasteiger partial charge is 0.493 e. The van der Waals surface area contributed by atoms with Gasteiger partial charge in [-0.2, -0.15) is 0 Å². The fourth-order valence-electron chi connectivity index (χ4n) is 2.94. The molecular formula is C15H21N3O3. The van der Waals surface area contributed by atoms with E-state index in [-0.39, 0.29) is 0 Å². The van der Waals surface area contributed by atoms with Gasteiger partial charge in [0.15, 0.2) is 11.5 Å². The second kappa shape index (κ2) is 5.44. The first-order valence-corrected chi connectivity index (χ1v) is 7.19. The van der Waals surface area contributed by atoms with Gasteiger partial charge in [0.2, 0.25) is 5.95 Å². The zero-order chi connectivity index (χ0) is 15.0. The summed E-state index contributed by atoms with van der Waals surface area (Å²) < 4.78 is 18.4. The normalized spacial score (nSPS) is 21.3. The predicted molar refractivity (Wildman–Crippen MR) is 80.9 cm³/mol. The van der Waals surface area contributed by atoms with Crippen LogP contribution in [0.25, 0.3) is 11.0 Å². The highest BCUT2D eigenvalue weighted by Gasteiger charge is 2.33. The average Bonchev–Trinajstić information content (AvgIpc) is 2.75. The van der Waals surface area contributed by atoms with Crippen LogP contribution in [0.15, 0.2) is 12.1 Å². The number of aromatic nitrogens is 2. The lowest BCUT2D eigenvalue weighted by Crippen LogP contribution is -2.33. The number of imidazole rings is 1. The molecule has 1 aliphatic rings. The molecule has 0 atom stereocenters. The van der Waals surface area contributed by atoms with E-state index < -0.39 is 0 Å². The van der Waals surface area contributed by atoms with Crippen molar-refractivity contribution in [2.75, 3.05) is 26.6 Å². The summed E-state index contributed by atoms with van der Waals surface area (Å²) in [5, 5.41) is 0. The van der Waals surface area contributed by atoms with E-state index in [4.69, 9.17) is 19.9 Å². The molecule has 2 aromatic rings. The highest BCUT2D eigenvalue weighted by Crippen LogP contribution is 2.40. The molecule has 0 saturated heterocycles. The maximum absolute atomic E-state index is 6.10. The highest BCUT2D eigenvalue weighted by atomic mass is 16.5. The van der Waals surface area contributed by atoms with Gasteiger partial charge in [-0.15, -0.1) is 0 Å². The Bertz CT molecular complexity index is 647. The maximum atomic E-state index is 6.10. The van der Waals surface area contributed by atoms with Gasteiger partial charge in [-0.1, -0.05) is 0 Å². The fraction of sp³-hybridized carbons (Fsp3) is 0.533. The van der Waals surface area contributed by atoms with Crippen molar-refractivity contribution in [3.8, 4) is 11.5 Å². The molecule has 21 heavy (non-hydrogen) atoms. The van der Waals surface area contributed by atoms with Crippen molar-refractivity contribution in [3.63, 3.8) is 0 Å². The molecule has 1 saturated carbocycles. The number of hydrogen-bond donors (Lipinski definition) is 1. The van der Waals surface area contributed by atoms with Gasteiger partial charge in [-0.05, 0) is 19.8 Å². The summed E-state index contributed by atoms with van der Waals surface area (Å²) >= 11 is 0. The molecule has 0 amide bonds. The smallest absolute Gasteiger partial charge is 0.201 e. The monoisotopic (exact) mass is 291 g/mol. The molecule has 1 aromatic heterocycles. The second-order valence-electron chi connectivity index (χ2n) is 5.24. The summed E-state index contributed by atoms with van der Waals surface area (Å²) in [6, 6.07) is 4.13. The van der Waals surface area contributed by atoms with E-state index in [0.717, 1.165) is 30.5 Å². The number of anilines is 1. The third-order valence-electron chi connectivity index (χ3n) is 4.06. The fourth-order valence-corrected chi connectivity index (χ4v) is 2.94. The van der Waals surface area contributed by atoms with E-state index in [9.17, 15) is 0 Å². The molecule has 0 bridgehead atoms. The van der Waals surface area contributed by atoms with Crippen molar-refractivity contribution in [1.82, 2.24) is 9.55 Å². The van der Waals surface area contributed by atoms with E-state index >= 15 is 0 Å². The Morgan fingerprint density at radius 1 is 1.24 bits per heavy atom. The molecule has 1 fully saturated rings. The average molecular weight is 291 g/mol. The Morgan fingerprint density at radius 3 is 2.52 bits per heavy atom. The molecule has 1 heterocycles. The van der Waals surface area contributed by atoms with Crippen LogP contribution in [0.1, 0.15) is 25.8 Å². The minimum absolute atomic E-state index is 0.331. The summed E-state index contributed by atoms with van der Waals surface area (Å²) in [6.45, 7) is 2.77. The maximum Gasteiger partial charge on any atom is 0.201 e. The standard InChI is InChI=1S/C15H21N3O3/c1-4-21-10-5-9(6-10)18-12-8-14(20-3)13(19-2)7-11(12)17-15(18)16/h7-10H,4-6H2,1-3H3,(H2,16,17). The van der Waals surface area contributed by atoms with Gasteiger partial charge < -0.3 is 24.5 Å². The third kappa shape index (κ3) is 2.29. The second-order valence-corrected chi connectivity index (χ2v) is 5.24. The van der Waals surface area contributed by atoms with Gasteiger partial charge in [0.1, 0.15) is 0 Å². The van der Waals surface area contributed by atoms with Crippen LogP contribution in [0.5, 0.6) is 11.5 Å². The van der Waals surface area contributed by atoms with Crippen molar-refractivity contribution < 1.29 is 14.2 Å². The molecule has 1 aromatic carbocycles. The molecule has 3 rings (SSSR count). The quantitative estimate of drug-likeness (QED) is 0.915. The van der Waals surface area contributed by atoms with Crippen LogP contribution in [0.2, 0.25) is 0 Å². The van der Waals surface area contributed by atoms with E-state index in [1.807, 2.05) is 19.1 Å². The number of methoxy groups -OCH3 is 2. The molecule has 0 radical (unpaired) electrons. The Kier molecular flexibility index (Phi) is 3.63. The van der Waals surface area contributed by atoms with Gasteiger partial charge in [-0.3, -0.25) is 0 Å². The van der Waals surface area contributed by atoms with Crippen LogP contribution < -0.4 is 15.2 Å². The van der Waals surface area contributed by atoms with Crippen LogP contribution in [0, 0.1) is 0 Å². The minimum Gasteiger partial charge on any atom is -0.493 e. The highest BCUT2D eigenvalue weighted by molar-refractivity contribution is 5.82. The van der Waals surface area contributed by atoms with Gasteiger partial charge in [0, 0.05) is 24.8 Å². The molecule has 1 aliphatic carbocycles. The first-order chi connectivity index (χ1) is 10.2. The third-order valence-corrected chi connectivity index (χ3v) is 4.06. The molecule has 6 heteroatoms. The van der Waals surface area contributed by atoms with Gasteiger partial charge in [-0.25, -0.2) is 4.98 Å². The van der Waals surface area contributed by atoms with Crippen molar-refractivity contribution in [2.24, 2.45) is 0 Å². The summed E-state index contributed by atoms with van der Waals surface area (Å²) in [4.78, 5) is 4.44. The summed E-state index contributed by atoms with van der Waals surface area (Å²) in [5.41, 5.74) is 7.90. The van der Waals surface area contributed by atoms with E-state index in [1.165, 1.54) is 0 Å². The Morgan fingerprint density at radius 2 is 1.90 bits per heavy atom. The number of rotatable bonds is 5. The Hall–Kier alpha value is -1.95. The number of nitrogen functional groups attached to an aromatic ring is 1. The summed E-state index contributed by atoms with van der Waals surface area (Å²) in [7, 11) is 3.24. The predicted octanol–water partition coefficient (Wildman–Crippen LogP) is 2.38. The van der Waals surface area contributed by atoms with Crippen LogP contribution in [0.3, 0.4) is 0 Å². The topological polar surface area (TPSA) is 71.5 Å². The number of benzene rings is 1. The zero-order valence-electron chi connectivity index (χ0n) is 12.6. The summed E-state index contributed by atoms with van der Waals surface area (Å²) in [5.74, 6) is 1.88. The van der Waals surface area contributed by atoms with E-state index in [0.29, 0.717) is 29.6 Å². The number of ether oxygens (including phenoxy) is 3. The van der Waals surface area contributed by atoms with Gasteiger partial charge in [0.05, 0.1) is 31.4 Å². The van der Waals surface area contributed by atoms with Crippen molar-refractivity contribution in [2.45, 2.75) is 31.9 Å². The first kappa shape index (κ1) is 14.0. The van der Waals surface area contributed by atoms with Crippen molar-refractivity contribution in [1.29, 1.82) is 0 Å². The van der Waals surface area contributed by atoms with Gasteiger partial charge in [0.25, 0.3) is 0 Å². The summed E-state index contributed by atoms with van der Waals surface area (Å²) in [6.07, 6.45) is 2.27. The number of nitrogens with zero attached hydrogens (tertiary/aromatic N) is 2. The van der Waals surface area contributed by atoms with E-state index in [1.54, 1.807) is 14.2 Å². The lowest BCUT2D eigenvalue weighted by atomic mass is 9.89. The first-order valence-electron chi connectivity index (χ1n) is 7.19. The lowest BCUT2D eigenvalue weighted by Gasteiger charge is -2.36. The molecule has 6 nitrogen and oxygen atoms in total. The molecule has 2 N–H and O–H groups in total. The Labute approximate surface area is 123 Å². The molecular weight excluding hydrogens is 270 g/mol. The van der Waals surface area contributed by atoms with Crippen molar-refractivity contribution in [3.05, 3.63) is 12.1 Å². The van der Waals surface area contributed by atoms with Crippen LogP contribution >= 0.6 is 0 Å². The SMILES string of the molecule is CCOC1CC(n2c(N)nc3cc(OC)c(OC)cc32)C1. The lowest BCUT2D eigenvalue weighted by molar-refractivity contribution is -0.0182. The molecule has 0 unspecified atom stereocenters. The van der Waals surface area contributed by atoms with Crippen molar-refractivity contribution >= 4 is 17.0 Å². The molecule has 114 valence electrons. The number of nitrogens with two attached hydrogens (primary N) is 1. The molecule has 0 spiro atoms. The van der Waals surface area contributed by atoms with Gasteiger partial charge >= 0.3 is 0 Å².